The Bertz CT molecular complexity index is 410. The summed E-state index contributed by atoms with van der Waals surface area (Å²) in [6.07, 6.45) is 1.99. The number of benzene rings is 1. The molecule has 0 unspecified atom stereocenters. The maximum absolute atomic E-state index is 5.30. The van der Waals surface area contributed by atoms with Crippen LogP contribution in [0.2, 0.25) is 0 Å². The number of hydrogen-bond donors (Lipinski definition) is 2. The molecule has 0 bridgehead atoms. The van der Waals surface area contributed by atoms with Crippen LogP contribution in [0.25, 0.3) is 0 Å². The highest BCUT2D eigenvalue weighted by Gasteiger charge is 1.98. The van der Waals surface area contributed by atoms with E-state index in [0.717, 1.165) is 45.1 Å². The monoisotopic (exact) mass is 405 g/mol. The summed E-state index contributed by atoms with van der Waals surface area (Å²) in [6.45, 7) is 7.47. The fraction of sp³-hybridized carbons (Fsp3) is 0.562. The lowest BCUT2D eigenvalue weighted by atomic mass is 10.1. The summed E-state index contributed by atoms with van der Waals surface area (Å²) in [6, 6.07) is 8.61. The second-order valence-corrected chi connectivity index (χ2v) is 4.72. The van der Waals surface area contributed by atoms with Gasteiger partial charge in [0.25, 0.3) is 0 Å². The van der Waals surface area contributed by atoms with E-state index in [-0.39, 0.29) is 24.0 Å². The largest absolute Gasteiger partial charge is 0.382 e. The number of guanidine groups is 1. The van der Waals surface area contributed by atoms with Gasteiger partial charge in [0.1, 0.15) is 0 Å². The average molecular weight is 405 g/mol. The normalized spacial score (nSPS) is 10.9. The van der Waals surface area contributed by atoms with Gasteiger partial charge in [-0.15, -0.1) is 24.0 Å². The highest BCUT2D eigenvalue weighted by Crippen LogP contribution is 2.03. The summed E-state index contributed by atoms with van der Waals surface area (Å²) < 4.78 is 5.30. The van der Waals surface area contributed by atoms with Gasteiger partial charge in [0.05, 0.1) is 0 Å². The third kappa shape index (κ3) is 9.68. The zero-order valence-corrected chi connectivity index (χ0v) is 15.6. The lowest BCUT2D eigenvalue weighted by Gasteiger charge is -2.12. The van der Waals surface area contributed by atoms with Crippen molar-refractivity contribution in [1.82, 2.24) is 10.6 Å². The van der Waals surface area contributed by atoms with E-state index in [1.54, 1.807) is 7.05 Å². The highest BCUT2D eigenvalue weighted by molar-refractivity contribution is 14.0. The molecule has 0 amide bonds. The predicted molar refractivity (Wildman–Crippen MR) is 101 cm³/mol. The van der Waals surface area contributed by atoms with E-state index in [0.29, 0.717) is 0 Å². The highest BCUT2D eigenvalue weighted by atomic mass is 127. The second-order valence-electron chi connectivity index (χ2n) is 4.72. The lowest BCUT2D eigenvalue weighted by molar-refractivity contribution is 0.145. The Balaban J connectivity index is 0.00000400. The van der Waals surface area contributed by atoms with Crippen molar-refractivity contribution in [3.05, 3.63) is 35.4 Å². The first kappa shape index (κ1) is 20.2. The van der Waals surface area contributed by atoms with Crippen LogP contribution in [-0.2, 0) is 11.2 Å². The number of halogens is 1. The summed E-state index contributed by atoms with van der Waals surface area (Å²) in [7, 11) is 1.80. The molecule has 4 nitrogen and oxygen atoms in total. The van der Waals surface area contributed by atoms with Crippen molar-refractivity contribution in [3.63, 3.8) is 0 Å². The minimum absolute atomic E-state index is 0. The molecule has 0 spiro atoms. The van der Waals surface area contributed by atoms with Gasteiger partial charge in [-0.05, 0) is 32.3 Å². The van der Waals surface area contributed by atoms with Gasteiger partial charge in [-0.3, -0.25) is 4.99 Å². The number of rotatable bonds is 8. The summed E-state index contributed by atoms with van der Waals surface area (Å²) >= 11 is 0. The Kier molecular flexibility index (Phi) is 12.4. The van der Waals surface area contributed by atoms with Crippen LogP contribution in [-0.4, -0.2) is 39.3 Å². The zero-order valence-electron chi connectivity index (χ0n) is 13.3. The van der Waals surface area contributed by atoms with Crippen molar-refractivity contribution in [2.24, 2.45) is 4.99 Å². The molecule has 5 heteroatoms. The Hall–Kier alpha value is -0.820. The van der Waals surface area contributed by atoms with Gasteiger partial charge in [0.15, 0.2) is 5.96 Å². The molecule has 0 aliphatic rings. The molecule has 1 rings (SSSR count). The number of ether oxygens (including phenoxy) is 1. The van der Waals surface area contributed by atoms with Crippen molar-refractivity contribution >= 4 is 29.9 Å². The molecule has 1 aromatic rings. The maximum atomic E-state index is 5.30. The van der Waals surface area contributed by atoms with E-state index in [1.165, 1.54) is 11.1 Å². The molecule has 0 heterocycles. The van der Waals surface area contributed by atoms with Crippen LogP contribution >= 0.6 is 24.0 Å². The number of nitrogens with one attached hydrogen (secondary N) is 2. The van der Waals surface area contributed by atoms with Gasteiger partial charge in [0, 0.05) is 33.4 Å². The predicted octanol–water partition coefficient (Wildman–Crippen LogP) is 2.75. The molecule has 0 atom stereocenters. The molecule has 0 aromatic heterocycles. The molecule has 0 saturated heterocycles. The Morgan fingerprint density at radius 2 is 2.00 bits per heavy atom. The second kappa shape index (κ2) is 12.9. The SMILES string of the molecule is CCOCCCNC(=NC)NCCc1cccc(C)c1.I. The molecule has 0 fully saturated rings. The van der Waals surface area contributed by atoms with E-state index in [9.17, 15) is 0 Å². The average Bonchev–Trinajstić information content (AvgIpc) is 2.45. The Morgan fingerprint density at radius 3 is 2.67 bits per heavy atom. The van der Waals surface area contributed by atoms with Gasteiger partial charge in [0.2, 0.25) is 0 Å². The Labute approximate surface area is 145 Å². The van der Waals surface area contributed by atoms with Crippen LogP contribution in [0.15, 0.2) is 29.3 Å². The molecule has 0 saturated carbocycles. The van der Waals surface area contributed by atoms with Crippen LogP contribution in [0, 0.1) is 6.92 Å². The molecular formula is C16H28IN3O. The van der Waals surface area contributed by atoms with Crippen LogP contribution in [0.1, 0.15) is 24.5 Å². The minimum Gasteiger partial charge on any atom is -0.382 e. The standard InChI is InChI=1S/C16H27N3O.HI/c1-4-20-12-6-10-18-16(17-3)19-11-9-15-8-5-7-14(2)13-15;/h5,7-8,13H,4,6,9-12H2,1-3H3,(H2,17,18,19);1H. The molecule has 21 heavy (non-hydrogen) atoms. The fourth-order valence-corrected chi connectivity index (χ4v) is 1.94. The first-order valence-electron chi connectivity index (χ1n) is 7.34. The van der Waals surface area contributed by atoms with Gasteiger partial charge < -0.3 is 15.4 Å². The summed E-state index contributed by atoms with van der Waals surface area (Å²) in [4.78, 5) is 4.21. The first-order chi connectivity index (χ1) is 9.76. The number of aliphatic imine (C=N–C) groups is 1. The third-order valence-corrected chi connectivity index (χ3v) is 2.97. The van der Waals surface area contributed by atoms with Crippen LogP contribution in [0.4, 0.5) is 0 Å². The maximum Gasteiger partial charge on any atom is 0.190 e. The van der Waals surface area contributed by atoms with E-state index >= 15 is 0 Å². The van der Waals surface area contributed by atoms with Crippen LogP contribution in [0.3, 0.4) is 0 Å². The molecular weight excluding hydrogens is 377 g/mol. The molecule has 0 aliphatic carbocycles. The smallest absolute Gasteiger partial charge is 0.190 e. The topological polar surface area (TPSA) is 45.6 Å². The van der Waals surface area contributed by atoms with Gasteiger partial charge in [-0.1, -0.05) is 29.8 Å². The van der Waals surface area contributed by atoms with E-state index in [4.69, 9.17) is 4.74 Å². The quantitative estimate of drug-likeness (QED) is 0.303. The minimum atomic E-state index is 0. The van der Waals surface area contributed by atoms with Gasteiger partial charge in [-0.2, -0.15) is 0 Å². The van der Waals surface area contributed by atoms with Gasteiger partial charge in [-0.25, -0.2) is 0 Å². The number of nitrogens with zero attached hydrogens (tertiary/aromatic N) is 1. The van der Waals surface area contributed by atoms with E-state index in [2.05, 4.69) is 46.8 Å². The molecule has 0 radical (unpaired) electrons. The fourth-order valence-electron chi connectivity index (χ4n) is 1.94. The van der Waals surface area contributed by atoms with Crippen molar-refractivity contribution < 1.29 is 4.74 Å². The van der Waals surface area contributed by atoms with Crippen LogP contribution < -0.4 is 10.6 Å². The molecule has 120 valence electrons. The third-order valence-electron chi connectivity index (χ3n) is 2.97. The number of aryl methyl sites for hydroxylation is 1. The van der Waals surface area contributed by atoms with E-state index < -0.39 is 0 Å². The summed E-state index contributed by atoms with van der Waals surface area (Å²) in [5, 5.41) is 6.61. The summed E-state index contributed by atoms with van der Waals surface area (Å²) in [5.74, 6) is 0.856. The Morgan fingerprint density at radius 1 is 1.24 bits per heavy atom. The van der Waals surface area contributed by atoms with Gasteiger partial charge >= 0.3 is 0 Å². The van der Waals surface area contributed by atoms with Crippen molar-refractivity contribution in [1.29, 1.82) is 0 Å². The lowest BCUT2D eigenvalue weighted by Crippen LogP contribution is -2.39. The van der Waals surface area contributed by atoms with Crippen molar-refractivity contribution in [2.45, 2.75) is 26.7 Å². The molecule has 2 N–H and O–H groups in total. The van der Waals surface area contributed by atoms with Crippen molar-refractivity contribution in [2.75, 3.05) is 33.4 Å². The summed E-state index contributed by atoms with van der Waals surface area (Å²) in [5.41, 5.74) is 2.66. The van der Waals surface area contributed by atoms with Crippen molar-refractivity contribution in [3.8, 4) is 0 Å². The zero-order chi connectivity index (χ0) is 14.6. The molecule has 1 aromatic carbocycles. The van der Waals surface area contributed by atoms with Crippen LogP contribution in [0.5, 0.6) is 0 Å². The van der Waals surface area contributed by atoms with E-state index in [1.807, 2.05) is 6.92 Å². The molecule has 0 aliphatic heterocycles. The first-order valence-corrected chi connectivity index (χ1v) is 7.34. The number of hydrogen-bond acceptors (Lipinski definition) is 2.